The van der Waals surface area contributed by atoms with Crippen LogP contribution in [0.4, 0.5) is 15.8 Å². The molecular weight excluding hydrogens is 267 g/mol. The Morgan fingerprint density at radius 3 is 2.63 bits per heavy atom. The van der Waals surface area contributed by atoms with Crippen molar-refractivity contribution in [1.29, 1.82) is 0 Å². The molecule has 0 unspecified atom stereocenters. The van der Waals surface area contributed by atoms with Gasteiger partial charge in [-0.3, -0.25) is 4.79 Å². The number of hydrogen-bond donors (Lipinski definition) is 2. The van der Waals surface area contributed by atoms with Gasteiger partial charge in [0.05, 0.1) is 5.69 Å². The van der Waals surface area contributed by atoms with E-state index in [1.54, 1.807) is 25.1 Å². The molecule has 19 heavy (non-hydrogen) atoms. The number of nitrogen functional groups attached to an aromatic ring is 1. The third-order valence-electron chi connectivity index (χ3n) is 2.71. The Morgan fingerprint density at radius 2 is 2.00 bits per heavy atom. The second-order valence-corrected chi connectivity index (χ2v) is 4.59. The van der Waals surface area contributed by atoms with Gasteiger partial charge in [-0.2, -0.15) is 0 Å². The molecule has 0 saturated carbocycles. The Kier molecular flexibility index (Phi) is 3.71. The molecule has 0 radical (unpaired) electrons. The molecule has 0 heterocycles. The molecule has 3 N–H and O–H groups in total. The van der Waals surface area contributed by atoms with E-state index in [4.69, 9.17) is 17.3 Å². The predicted molar refractivity (Wildman–Crippen MR) is 75.0 cm³/mol. The molecule has 1 amide bonds. The van der Waals surface area contributed by atoms with E-state index in [2.05, 4.69) is 5.32 Å². The van der Waals surface area contributed by atoms with Gasteiger partial charge in [0.1, 0.15) is 5.82 Å². The largest absolute Gasteiger partial charge is 0.399 e. The van der Waals surface area contributed by atoms with Gasteiger partial charge in [-0.1, -0.05) is 11.6 Å². The number of halogens is 2. The van der Waals surface area contributed by atoms with Crippen LogP contribution in [0.15, 0.2) is 36.4 Å². The lowest BCUT2D eigenvalue weighted by Crippen LogP contribution is -2.13. The SMILES string of the molecule is Cc1cc(C(=O)Nc2ccc(Cl)cc2F)ccc1N. The molecule has 0 saturated heterocycles. The van der Waals surface area contributed by atoms with Crippen LogP contribution in [0.1, 0.15) is 15.9 Å². The topological polar surface area (TPSA) is 55.1 Å². The van der Waals surface area contributed by atoms with Gasteiger partial charge in [0, 0.05) is 16.3 Å². The lowest BCUT2D eigenvalue weighted by Gasteiger charge is -2.08. The molecule has 0 aliphatic carbocycles. The zero-order valence-corrected chi connectivity index (χ0v) is 11.0. The summed E-state index contributed by atoms with van der Waals surface area (Å²) in [5.74, 6) is -0.975. The van der Waals surface area contributed by atoms with Crippen LogP contribution in [0.5, 0.6) is 0 Å². The molecule has 0 aliphatic heterocycles. The summed E-state index contributed by atoms with van der Waals surface area (Å²) in [6.07, 6.45) is 0. The maximum Gasteiger partial charge on any atom is 0.255 e. The number of amides is 1. The minimum atomic E-state index is -0.576. The molecule has 0 fully saturated rings. The van der Waals surface area contributed by atoms with Crippen molar-refractivity contribution < 1.29 is 9.18 Å². The molecule has 2 aromatic rings. The van der Waals surface area contributed by atoms with Crippen molar-refractivity contribution in [3.05, 3.63) is 58.4 Å². The van der Waals surface area contributed by atoms with Crippen LogP contribution in [-0.4, -0.2) is 5.91 Å². The molecule has 2 aromatic carbocycles. The fourth-order valence-corrected chi connectivity index (χ4v) is 1.76. The maximum absolute atomic E-state index is 13.6. The number of aryl methyl sites for hydroxylation is 1. The summed E-state index contributed by atoms with van der Waals surface area (Å²) in [6, 6.07) is 8.95. The monoisotopic (exact) mass is 278 g/mol. The third-order valence-corrected chi connectivity index (χ3v) is 2.95. The Balaban J connectivity index is 2.23. The molecule has 0 spiro atoms. The lowest BCUT2D eigenvalue weighted by molar-refractivity contribution is 0.102. The normalized spacial score (nSPS) is 10.3. The summed E-state index contributed by atoms with van der Waals surface area (Å²) in [5.41, 5.74) is 7.58. The Hall–Kier alpha value is -2.07. The first-order valence-electron chi connectivity index (χ1n) is 5.60. The summed E-state index contributed by atoms with van der Waals surface area (Å²) in [6.45, 7) is 1.80. The number of nitrogens with two attached hydrogens (primary N) is 1. The van der Waals surface area contributed by atoms with E-state index in [0.29, 0.717) is 11.3 Å². The molecule has 5 heteroatoms. The van der Waals surface area contributed by atoms with Crippen molar-refractivity contribution in [3.63, 3.8) is 0 Å². The first-order valence-corrected chi connectivity index (χ1v) is 5.97. The molecular formula is C14H12ClFN2O. The summed E-state index contributed by atoms with van der Waals surface area (Å²) in [4.78, 5) is 12.0. The fraction of sp³-hybridized carbons (Fsp3) is 0.0714. The van der Waals surface area contributed by atoms with Crippen molar-refractivity contribution in [2.24, 2.45) is 0 Å². The van der Waals surface area contributed by atoms with E-state index in [9.17, 15) is 9.18 Å². The van der Waals surface area contributed by atoms with Crippen LogP contribution in [0.3, 0.4) is 0 Å². The minimum absolute atomic E-state index is 0.0869. The zero-order chi connectivity index (χ0) is 14.0. The molecule has 2 rings (SSSR count). The van der Waals surface area contributed by atoms with Crippen LogP contribution >= 0.6 is 11.6 Å². The van der Waals surface area contributed by atoms with E-state index in [1.807, 2.05) is 0 Å². The van der Waals surface area contributed by atoms with E-state index < -0.39 is 11.7 Å². The van der Waals surface area contributed by atoms with E-state index in [0.717, 1.165) is 11.6 Å². The number of anilines is 2. The Bertz CT molecular complexity index is 643. The second kappa shape index (κ2) is 5.28. The summed E-state index contributed by atoms with van der Waals surface area (Å²) >= 11 is 5.64. The van der Waals surface area contributed by atoms with Crippen molar-refractivity contribution in [2.75, 3.05) is 11.1 Å². The van der Waals surface area contributed by atoms with Gasteiger partial charge < -0.3 is 11.1 Å². The van der Waals surface area contributed by atoms with Crippen LogP contribution in [0, 0.1) is 12.7 Å². The summed E-state index contributed by atoms with van der Waals surface area (Å²) < 4.78 is 13.6. The highest BCUT2D eigenvalue weighted by atomic mass is 35.5. The smallest absolute Gasteiger partial charge is 0.255 e. The van der Waals surface area contributed by atoms with Crippen molar-refractivity contribution in [3.8, 4) is 0 Å². The summed E-state index contributed by atoms with van der Waals surface area (Å²) in [7, 11) is 0. The first-order chi connectivity index (χ1) is 8.97. The standard InChI is InChI=1S/C14H12ClFN2O/c1-8-6-9(2-4-12(8)17)14(19)18-13-5-3-10(15)7-11(13)16/h2-7H,17H2,1H3,(H,18,19). The quantitative estimate of drug-likeness (QED) is 0.824. The first kappa shape index (κ1) is 13.4. The highest BCUT2D eigenvalue weighted by Crippen LogP contribution is 2.20. The van der Waals surface area contributed by atoms with Gasteiger partial charge in [0.15, 0.2) is 0 Å². The average Bonchev–Trinajstić information content (AvgIpc) is 2.36. The minimum Gasteiger partial charge on any atom is -0.399 e. The average molecular weight is 279 g/mol. The molecule has 98 valence electrons. The van der Waals surface area contributed by atoms with E-state index in [1.165, 1.54) is 12.1 Å². The van der Waals surface area contributed by atoms with Crippen molar-refractivity contribution in [1.82, 2.24) is 0 Å². The molecule has 0 atom stereocenters. The second-order valence-electron chi connectivity index (χ2n) is 4.15. The van der Waals surface area contributed by atoms with Gasteiger partial charge in [0.2, 0.25) is 0 Å². The van der Waals surface area contributed by atoms with Crippen LogP contribution in [0.2, 0.25) is 5.02 Å². The lowest BCUT2D eigenvalue weighted by atomic mass is 10.1. The molecule has 0 aliphatic rings. The highest BCUT2D eigenvalue weighted by molar-refractivity contribution is 6.30. The number of nitrogens with one attached hydrogen (secondary N) is 1. The van der Waals surface area contributed by atoms with Gasteiger partial charge in [-0.15, -0.1) is 0 Å². The van der Waals surface area contributed by atoms with Crippen molar-refractivity contribution >= 4 is 28.9 Å². The van der Waals surface area contributed by atoms with Crippen LogP contribution in [0.25, 0.3) is 0 Å². The van der Waals surface area contributed by atoms with Gasteiger partial charge in [-0.25, -0.2) is 4.39 Å². The van der Waals surface area contributed by atoms with Crippen LogP contribution < -0.4 is 11.1 Å². The number of rotatable bonds is 2. The maximum atomic E-state index is 13.6. The van der Waals surface area contributed by atoms with E-state index in [-0.39, 0.29) is 10.7 Å². The van der Waals surface area contributed by atoms with Gasteiger partial charge >= 0.3 is 0 Å². The number of hydrogen-bond acceptors (Lipinski definition) is 2. The van der Waals surface area contributed by atoms with Crippen molar-refractivity contribution in [2.45, 2.75) is 6.92 Å². The molecule has 3 nitrogen and oxygen atoms in total. The fourth-order valence-electron chi connectivity index (χ4n) is 1.60. The number of carbonyl (C=O) groups excluding carboxylic acids is 1. The van der Waals surface area contributed by atoms with Gasteiger partial charge in [0.25, 0.3) is 5.91 Å². The number of benzene rings is 2. The van der Waals surface area contributed by atoms with E-state index >= 15 is 0 Å². The highest BCUT2D eigenvalue weighted by Gasteiger charge is 2.10. The predicted octanol–water partition coefficient (Wildman–Crippen LogP) is 3.62. The van der Waals surface area contributed by atoms with Crippen LogP contribution in [-0.2, 0) is 0 Å². The Morgan fingerprint density at radius 1 is 1.26 bits per heavy atom. The number of carbonyl (C=O) groups is 1. The molecule has 0 bridgehead atoms. The van der Waals surface area contributed by atoms with Gasteiger partial charge in [-0.05, 0) is 48.9 Å². The molecule has 0 aromatic heterocycles. The third kappa shape index (κ3) is 3.03. The Labute approximate surface area is 115 Å². The summed E-state index contributed by atoms with van der Waals surface area (Å²) in [5, 5.41) is 2.76. The zero-order valence-electron chi connectivity index (χ0n) is 10.2.